The molecule has 0 spiro atoms. The van der Waals surface area contributed by atoms with Crippen molar-refractivity contribution in [2.45, 2.75) is 33.1 Å². The third-order valence-electron chi connectivity index (χ3n) is 2.58. The molecule has 1 rings (SSSR count). The molecule has 1 aromatic rings. The molecule has 0 aliphatic carbocycles. The number of carbonyl (C=O) groups excluding carboxylic acids is 1. The molecule has 0 aromatic heterocycles. The number of unbranched alkanes of at least 4 members (excludes halogenated alkanes) is 1. The molecule has 0 aliphatic heterocycles. The molecule has 0 fully saturated rings. The Morgan fingerprint density at radius 2 is 1.86 bits per heavy atom. The summed E-state index contributed by atoms with van der Waals surface area (Å²) in [7, 11) is 0. The highest BCUT2D eigenvalue weighted by atomic mass is 17.2. The van der Waals surface area contributed by atoms with Crippen LogP contribution in [0.5, 0.6) is 5.75 Å². The van der Waals surface area contributed by atoms with E-state index in [-0.39, 0.29) is 6.61 Å². The molecule has 1 aromatic carbocycles. The van der Waals surface area contributed by atoms with Crippen molar-refractivity contribution in [2.24, 2.45) is 0 Å². The van der Waals surface area contributed by atoms with Crippen molar-refractivity contribution in [1.29, 1.82) is 0 Å². The SMILES string of the molecule is CCCCOc1ccc(C(=O)OO[CH]COCCC)cc1. The second-order valence-electron chi connectivity index (χ2n) is 4.43. The zero-order valence-electron chi connectivity index (χ0n) is 12.7. The first-order valence-corrected chi connectivity index (χ1v) is 7.27. The van der Waals surface area contributed by atoms with E-state index >= 15 is 0 Å². The molecule has 0 saturated heterocycles. The number of hydrogen-bond acceptors (Lipinski definition) is 5. The van der Waals surface area contributed by atoms with Crippen molar-refractivity contribution in [3.05, 3.63) is 36.4 Å². The lowest BCUT2D eigenvalue weighted by Gasteiger charge is -2.06. The largest absolute Gasteiger partial charge is 0.494 e. The predicted molar refractivity (Wildman–Crippen MR) is 78.8 cm³/mol. The Balaban J connectivity index is 2.24. The van der Waals surface area contributed by atoms with Crippen LogP contribution in [0.15, 0.2) is 24.3 Å². The molecule has 0 N–H and O–H groups in total. The summed E-state index contributed by atoms with van der Waals surface area (Å²) in [6, 6.07) is 6.75. The van der Waals surface area contributed by atoms with Crippen molar-refractivity contribution in [3.8, 4) is 5.75 Å². The lowest BCUT2D eigenvalue weighted by atomic mass is 10.2. The molecular weight excluding hydrogens is 272 g/mol. The average Bonchev–Trinajstić information content (AvgIpc) is 2.51. The molecule has 5 nitrogen and oxygen atoms in total. The van der Waals surface area contributed by atoms with Gasteiger partial charge in [-0.1, -0.05) is 20.3 Å². The third kappa shape index (κ3) is 7.68. The zero-order chi connectivity index (χ0) is 15.3. The highest BCUT2D eigenvalue weighted by Gasteiger charge is 2.08. The van der Waals surface area contributed by atoms with E-state index in [1.165, 1.54) is 6.61 Å². The van der Waals surface area contributed by atoms with Gasteiger partial charge in [-0.3, -0.25) is 4.89 Å². The van der Waals surface area contributed by atoms with Crippen LogP contribution in [0.2, 0.25) is 0 Å². The molecular formula is C16H23O5. The van der Waals surface area contributed by atoms with Gasteiger partial charge in [-0.25, -0.2) is 4.79 Å². The normalized spacial score (nSPS) is 10.4. The average molecular weight is 295 g/mol. The number of benzene rings is 1. The Morgan fingerprint density at radius 1 is 1.10 bits per heavy atom. The maximum Gasteiger partial charge on any atom is 0.373 e. The molecule has 21 heavy (non-hydrogen) atoms. The van der Waals surface area contributed by atoms with Gasteiger partial charge in [0.1, 0.15) is 5.75 Å². The van der Waals surface area contributed by atoms with Crippen molar-refractivity contribution in [2.75, 3.05) is 19.8 Å². The topological polar surface area (TPSA) is 54.0 Å². The Labute approximate surface area is 126 Å². The number of rotatable bonds is 11. The van der Waals surface area contributed by atoms with E-state index in [1.54, 1.807) is 24.3 Å². The van der Waals surface area contributed by atoms with Gasteiger partial charge in [0.15, 0.2) is 6.61 Å². The van der Waals surface area contributed by atoms with Gasteiger partial charge in [-0.15, -0.1) is 0 Å². The highest BCUT2D eigenvalue weighted by Crippen LogP contribution is 2.13. The van der Waals surface area contributed by atoms with E-state index in [9.17, 15) is 4.79 Å². The van der Waals surface area contributed by atoms with E-state index in [0.29, 0.717) is 18.8 Å². The molecule has 0 bridgehead atoms. The van der Waals surface area contributed by atoms with Crippen molar-refractivity contribution in [1.82, 2.24) is 0 Å². The van der Waals surface area contributed by atoms with Crippen LogP contribution in [0.25, 0.3) is 0 Å². The van der Waals surface area contributed by atoms with Crippen LogP contribution in [-0.2, 0) is 14.5 Å². The first-order valence-electron chi connectivity index (χ1n) is 7.27. The maximum absolute atomic E-state index is 11.7. The van der Waals surface area contributed by atoms with Gasteiger partial charge in [-0.05, 0) is 37.1 Å². The van der Waals surface area contributed by atoms with Crippen LogP contribution in [-0.4, -0.2) is 25.8 Å². The second-order valence-corrected chi connectivity index (χ2v) is 4.43. The van der Waals surface area contributed by atoms with Crippen LogP contribution in [0, 0.1) is 6.61 Å². The lowest BCUT2D eigenvalue weighted by molar-refractivity contribution is -0.218. The van der Waals surface area contributed by atoms with Gasteiger partial charge in [0.05, 0.1) is 18.8 Å². The van der Waals surface area contributed by atoms with Crippen LogP contribution in [0.4, 0.5) is 0 Å². The molecule has 0 saturated carbocycles. The highest BCUT2D eigenvalue weighted by molar-refractivity contribution is 5.89. The second kappa shape index (κ2) is 11.1. The quantitative estimate of drug-likeness (QED) is 0.355. The molecule has 0 amide bonds. The standard InChI is InChI=1S/C16H23O5/c1-3-5-11-19-15-8-6-14(7-9-15)16(17)21-20-13-12-18-10-4-2/h6-9,13H,3-5,10-12H2,1-2H3. The van der Waals surface area contributed by atoms with Crippen LogP contribution in [0.3, 0.4) is 0 Å². The summed E-state index contributed by atoms with van der Waals surface area (Å²) in [4.78, 5) is 21.0. The summed E-state index contributed by atoms with van der Waals surface area (Å²) in [5.74, 6) is 0.183. The Morgan fingerprint density at radius 3 is 2.52 bits per heavy atom. The van der Waals surface area contributed by atoms with Crippen molar-refractivity contribution in [3.63, 3.8) is 0 Å². The Hall–Kier alpha value is -1.59. The Bertz CT molecular complexity index is 388. The van der Waals surface area contributed by atoms with Crippen LogP contribution >= 0.6 is 0 Å². The fourth-order valence-corrected chi connectivity index (χ4v) is 1.45. The summed E-state index contributed by atoms with van der Waals surface area (Å²) in [6.07, 6.45) is 3.02. The molecule has 0 unspecified atom stereocenters. The van der Waals surface area contributed by atoms with Gasteiger partial charge >= 0.3 is 5.97 Å². The van der Waals surface area contributed by atoms with E-state index in [4.69, 9.17) is 9.47 Å². The molecule has 0 atom stereocenters. The lowest BCUT2D eigenvalue weighted by Crippen LogP contribution is -2.07. The maximum atomic E-state index is 11.7. The summed E-state index contributed by atoms with van der Waals surface area (Å²) in [5.41, 5.74) is 0.403. The van der Waals surface area contributed by atoms with Gasteiger partial charge in [0, 0.05) is 6.61 Å². The van der Waals surface area contributed by atoms with Crippen LogP contribution < -0.4 is 4.74 Å². The minimum Gasteiger partial charge on any atom is -0.494 e. The van der Waals surface area contributed by atoms with Gasteiger partial charge < -0.3 is 9.47 Å². The van der Waals surface area contributed by atoms with Gasteiger partial charge in [0.25, 0.3) is 0 Å². The summed E-state index contributed by atoms with van der Waals surface area (Å²) in [5, 5.41) is 0. The van der Waals surface area contributed by atoms with Gasteiger partial charge in [0.2, 0.25) is 0 Å². The van der Waals surface area contributed by atoms with Crippen LogP contribution in [0.1, 0.15) is 43.5 Å². The minimum absolute atomic E-state index is 0.283. The monoisotopic (exact) mass is 295 g/mol. The van der Waals surface area contributed by atoms with Crippen molar-refractivity contribution < 1.29 is 24.0 Å². The van der Waals surface area contributed by atoms with Crippen molar-refractivity contribution >= 4 is 5.97 Å². The molecule has 5 heteroatoms. The molecule has 117 valence electrons. The molecule has 0 aliphatic rings. The zero-order valence-corrected chi connectivity index (χ0v) is 12.7. The number of ether oxygens (including phenoxy) is 2. The first-order chi connectivity index (χ1) is 10.3. The third-order valence-corrected chi connectivity index (χ3v) is 2.58. The van der Waals surface area contributed by atoms with E-state index in [1.807, 2.05) is 6.92 Å². The number of carbonyl (C=O) groups is 1. The summed E-state index contributed by atoms with van der Waals surface area (Å²) >= 11 is 0. The van der Waals surface area contributed by atoms with E-state index < -0.39 is 5.97 Å². The first kappa shape index (κ1) is 17.5. The number of hydrogen-bond donors (Lipinski definition) is 0. The summed E-state index contributed by atoms with van der Waals surface area (Å²) in [6.45, 7) is 7.02. The van der Waals surface area contributed by atoms with Gasteiger partial charge in [-0.2, -0.15) is 4.89 Å². The summed E-state index contributed by atoms with van der Waals surface area (Å²) < 4.78 is 10.7. The fourth-order valence-electron chi connectivity index (χ4n) is 1.45. The predicted octanol–water partition coefficient (Wildman–Crippen LogP) is 3.54. The smallest absolute Gasteiger partial charge is 0.373 e. The fraction of sp³-hybridized carbons (Fsp3) is 0.500. The molecule has 0 heterocycles. The van der Waals surface area contributed by atoms with E-state index in [0.717, 1.165) is 25.0 Å². The Kier molecular flexibility index (Phi) is 9.24. The molecule has 1 radical (unpaired) electrons. The minimum atomic E-state index is -0.554. The van der Waals surface area contributed by atoms with E-state index in [2.05, 4.69) is 16.7 Å².